The van der Waals surface area contributed by atoms with Gasteiger partial charge in [-0.1, -0.05) is 6.07 Å². The smallest absolute Gasteiger partial charge is 0.303 e. The molecule has 0 unspecified atom stereocenters. The van der Waals surface area contributed by atoms with Crippen LogP contribution < -0.4 is 5.69 Å². The second-order valence-electron chi connectivity index (χ2n) is 6.30. The number of hydrogen-bond donors (Lipinski definition) is 1. The number of pyridine rings is 1. The molecular formula is C19H12F2N6O. The monoisotopic (exact) mass is 378 g/mol. The molecule has 0 saturated heterocycles. The van der Waals surface area contributed by atoms with Gasteiger partial charge in [-0.3, -0.25) is 8.97 Å². The number of aromatic nitrogens is 6. The molecule has 0 amide bonds. The summed E-state index contributed by atoms with van der Waals surface area (Å²) in [5, 5.41) is 0. The number of fused-ring (bicyclic) bond motifs is 2. The molecule has 4 aromatic heterocycles. The number of imidazole rings is 2. The van der Waals surface area contributed by atoms with Crippen molar-refractivity contribution < 1.29 is 8.78 Å². The van der Waals surface area contributed by atoms with E-state index in [-0.39, 0.29) is 6.54 Å². The Hall–Kier alpha value is -3.88. The van der Waals surface area contributed by atoms with Gasteiger partial charge in [-0.25, -0.2) is 28.5 Å². The zero-order valence-electron chi connectivity index (χ0n) is 14.3. The Labute approximate surface area is 156 Å². The second kappa shape index (κ2) is 6.08. The number of nitrogens with zero attached hydrogens (tertiary/aromatic N) is 5. The van der Waals surface area contributed by atoms with E-state index < -0.39 is 17.3 Å². The summed E-state index contributed by atoms with van der Waals surface area (Å²) >= 11 is 0. The fraction of sp³-hybridized carbons (Fsp3) is 0.0526. The third kappa shape index (κ3) is 2.64. The summed E-state index contributed by atoms with van der Waals surface area (Å²) < 4.78 is 30.1. The Morgan fingerprint density at radius 2 is 1.86 bits per heavy atom. The van der Waals surface area contributed by atoms with Crippen LogP contribution in [-0.4, -0.2) is 28.9 Å². The molecule has 7 nitrogen and oxygen atoms in total. The summed E-state index contributed by atoms with van der Waals surface area (Å²) in [5.74, 6) is -1.03. The molecule has 9 heteroatoms. The van der Waals surface area contributed by atoms with Crippen molar-refractivity contribution in [1.29, 1.82) is 0 Å². The Bertz CT molecular complexity index is 1380. The molecule has 0 atom stereocenters. The molecule has 138 valence electrons. The summed E-state index contributed by atoms with van der Waals surface area (Å²) in [5.41, 5.74) is 2.04. The van der Waals surface area contributed by atoms with E-state index in [1.807, 2.05) is 28.8 Å². The number of nitrogens with one attached hydrogen (secondary N) is 1. The van der Waals surface area contributed by atoms with E-state index in [1.54, 1.807) is 6.20 Å². The average molecular weight is 378 g/mol. The quantitative estimate of drug-likeness (QED) is 0.524. The van der Waals surface area contributed by atoms with Gasteiger partial charge >= 0.3 is 5.69 Å². The largest absolute Gasteiger partial charge is 0.328 e. The van der Waals surface area contributed by atoms with Gasteiger partial charge in [-0.15, -0.1) is 0 Å². The number of benzene rings is 1. The molecule has 0 spiro atoms. The highest BCUT2D eigenvalue weighted by molar-refractivity contribution is 5.72. The van der Waals surface area contributed by atoms with E-state index in [0.717, 1.165) is 11.7 Å². The van der Waals surface area contributed by atoms with E-state index in [9.17, 15) is 13.6 Å². The molecule has 0 aliphatic carbocycles. The van der Waals surface area contributed by atoms with Crippen LogP contribution in [0.15, 0.2) is 59.8 Å². The van der Waals surface area contributed by atoms with Gasteiger partial charge in [0.15, 0.2) is 11.5 Å². The number of halogens is 2. The van der Waals surface area contributed by atoms with Gasteiger partial charge in [0.25, 0.3) is 0 Å². The SMILES string of the molecule is O=c1[nH]c2cnc(-c3cnc4ccccn34)nc2n1Cc1cc(F)cc(F)c1. The van der Waals surface area contributed by atoms with Crippen LogP contribution >= 0.6 is 0 Å². The van der Waals surface area contributed by atoms with Crippen LogP contribution in [0.1, 0.15) is 5.56 Å². The normalized spacial score (nSPS) is 11.5. The topological polar surface area (TPSA) is 80.9 Å². The van der Waals surface area contributed by atoms with Crippen molar-refractivity contribution in [3.05, 3.63) is 82.7 Å². The molecule has 1 aromatic carbocycles. The van der Waals surface area contributed by atoms with Gasteiger partial charge in [0.1, 0.15) is 28.5 Å². The Kier molecular flexibility index (Phi) is 3.54. The van der Waals surface area contributed by atoms with Crippen LogP contribution in [0.5, 0.6) is 0 Å². The lowest BCUT2D eigenvalue weighted by atomic mass is 10.2. The van der Waals surface area contributed by atoms with E-state index in [2.05, 4.69) is 19.9 Å². The van der Waals surface area contributed by atoms with Crippen molar-refractivity contribution in [1.82, 2.24) is 28.9 Å². The van der Waals surface area contributed by atoms with Crippen LogP contribution in [0, 0.1) is 11.6 Å². The summed E-state index contributed by atoms with van der Waals surface area (Å²) in [6.07, 6.45) is 4.99. The summed E-state index contributed by atoms with van der Waals surface area (Å²) in [4.78, 5) is 28.1. The van der Waals surface area contributed by atoms with Gasteiger partial charge in [0.2, 0.25) is 0 Å². The third-order valence-electron chi connectivity index (χ3n) is 4.42. The second-order valence-corrected chi connectivity index (χ2v) is 6.30. The van der Waals surface area contributed by atoms with Crippen molar-refractivity contribution in [2.45, 2.75) is 6.54 Å². The van der Waals surface area contributed by atoms with Gasteiger partial charge in [-0.2, -0.15) is 0 Å². The molecule has 5 rings (SSSR count). The standard InChI is InChI=1S/C19H12F2N6O/c20-12-5-11(6-13(21)7-12)10-27-18-14(24-19(27)28)8-23-17(25-18)15-9-22-16-3-1-2-4-26(15)16/h1-9H,10H2,(H,24,28). The number of H-pyrrole nitrogens is 1. The molecule has 0 saturated carbocycles. The minimum atomic E-state index is -0.705. The predicted molar refractivity (Wildman–Crippen MR) is 97.8 cm³/mol. The summed E-state index contributed by atoms with van der Waals surface area (Å²) in [6, 6.07) is 8.74. The molecule has 0 radical (unpaired) electrons. The zero-order valence-corrected chi connectivity index (χ0v) is 14.3. The van der Waals surface area contributed by atoms with Crippen LogP contribution in [-0.2, 0) is 6.54 Å². The predicted octanol–water partition coefficient (Wildman–Crippen LogP) is 2.76. The van der Waals surface area contributed by atoms with Crippen LogP contribution in [0.4, 0.5) is 8.78 Å². The maximum atomic E-state index is 13.5. The van der Waals surface area contributed by atoms with E-state index in [0.29, 0.717) is 28.2 Å². The molecule has 4 heterocycles. The van der Waals surface area contributed by atoms with Crippen LogP contribution in [0.3, 0.4) is 0 Å². The highest BCUT2D eigenvalue weighted by atomic mass is 19.1. The highest BCUT2D eigenvalue weighted by Crippen LogP contribution is 2.19. The maximum Gasteiger partial charge on any atom is 0.328 e. The number of rotatable bonds is 3. The molecule has 1 N–H and O–H groups in total. The first-order chi connectivity index (χ1) is 13.6. The minimum Gasteiger partial charge on any atom is -0.303 e. The molecule has 0 aliphatic heterocycles. The minimum absolute atomic E-state index is 0.0306. The van der Waals surface area contributed by atoms with Gasteiger partial charge < -0.3 is 4.98 Å². The fourth-order valence-corrected chi connectivity index (χ4v) is 3.20. The molecule has 5 aromatic rings. The van der Waals surface area contributed by atoms with Gasteiger partial charge in [-0.05, 0) is 29.8 Å². The Balaban J connectivity index is 1.65. The number of hydrogen-bond acceptors (Lipinski definition) is 4. The van der Waals surface area contributed by atoms with Crippen molar-refractivity contribution >= 4 is 16.8 Å². The van der Waals surface area contributed by atoms with Crippen molar-refractivity contribution in [3.63, 3.8) is 0 Å². The lowest BCUT2D eigenvalue weighted by Crippen LogP contribution is -2.18. The van der Waals surface area contributed by atoms with E-state index >= 15 is 0 Å². The maximum absolute atomic E-state index is 13.5. The highest BCUT2D eigenvalue weighted by Gasteiger charge is 2.14. The van der Waals surface area contributed by atoms with Gasteiger partial charge in [0.05, 0.1) is 18.9 Å². The summed E-state index contributed by atoms with van der Waals surface area (Å²) in [6.45, 7) is -0.0306. The van der Waals surface area contributed by atoms with E-state index in [1.165, 1.54) is 22.9 Å². The van der Waals surface area contributed by atoms with Crippen molar-refractivity contribution in [3.8, 4) is 11.5 Å². The molecule has 28 heavy (non-hydrogen) atoms. The van der Waals surface area contributed by atoms with Crippen molar-refractivity contribution in [2.75, 3.05) is 0 Å². The molecule has 0 fully saturated rings. The van der Waals surface area contributed by atoms with Crippen molar-refractivity contribution in [2.24, 2.45) is 0 Å². The lowest BCUT2D eigenvalue weighted by molar-refractivity contribution is 0.577. The first kappa shape index (κ1) is 16.3. The zero-order chi connectivity index (χ0) is 19.3. The molecular weight excluding hydrogens is 366 g/mol. The molecule has 0 aliphatic rings. The number of aromatic amines is 1. The molecule has 0 bridgehead atoms. The fourth-order valence-electron chi connectivity index (χ4n) is 3.20. The van der Waals surface area contributed by atoms with Crippen LogP contribution in [0.25, 0.3) is 28.3 Å². The Morgan fingerprint density at radius 1 is 1.04 bits per heavy atom. The first-order valence-corrected chi connectivity index (χ1v) is 8.41. The van der Waals surface area contributed by atoms with Gasteiger partial charge in [0, 0.05) is 12.3 Å². The van der Waals surface area contributed by atoms with E-state index in [4.69, 9.17) is 0 Å². The van der Waals surface area contributed by atoms with Crippen LogP contribution in [0.2, 0.25) is 0 Å². The Morgan fingerprint density at radius 3 is 2.68 bits per heavy atom. The average Bonchev–Trinajstić information content (AvgIpc) is 3.22. The first-order valence-electron chi connectivity index (χ1n) is 8.41. The summed E-state index contributed by atoms with van der Waals surface area (Å²) in [7, 11) is 0. The third-order valence-corrected chi connectivity index (χ3v) is 4.42. The lowest BCUT2D eigenvalue weighted by Gasteiger charge is -2.05.